The standard InChI is InChI=1S/C16H20N2O2/c1-12-6-2-5-9-14(12)17-11-10-15(19)18(16(17)20)13-7-3-4-8-13/h2,5-6,9,13H,3-4,7-8,10-11H2,1H3. The van der Waals surface area contributed by atoms with Crippen LogP contribution in [0.4, 0.5) is 10.5 Å². The lowest BCUT2D eigenvalue weighted by Gasteiger charge is -2.37. The number of benzene rings is 1. The molecule has 3 amide bonds. The Morgan fingerprint density at radius 1 is 1.10 bits per heavy atom. The Bertz CT molecular complexity index is 535. The molecular weight excluding hydrogens is 252 g/mol. The first-order chi connectivity index (χ1) is 9.68. The van der Waals surface area contributed by atoms with Crippen LogP contribution in [0.3, 0.4) is 0 Å². The van der Waals surface area contributed by atoms with E-state index in [1.54, 1.807) is 4.90 Å². The summed E-state index contributed by atoms with van der Waals surface area (Å²) in [5.74, 6) is -0.00765. The second-order valence-corrected chi connectivity index (χ2v) is 5.67. The van der Waals surface area contributed by atoms with Gasteiger partial charge in [-0.15, -0.1) is 0 Å². The zero-order valence-corrected chi connectivity index (χ0v) is 11.8. The molecule has 2 fully saturated rings. The summed E-state index contributed by atoms with van der Waals surface area (Å²) in [7, 11) is 0. The van der Waals surface area contributed by atoms with Gasteiger partial charge in [-0.25, -0.2) is 4.79 Å². The topological polar surface area (TPSA) is 40.6 Å². The molecule has 1 aromatic carbocycles. The molecular formula is C16H20N2O2. The first-order valence-corrected chi connectivity index (χ1v) is 7.37. The summed E-state index contributed by atoms with van der Waals surface area (Å²) in [6.07, 6.45) is 4.58. The zero-order chi connectivity index (χ0) is 14.1. The number of carbonyl (C=O) groups excluding carboxylic acids is 2. The summed E-state index contributed by atoms with van der Waals surface area (Å²) < 4.78 is 0. The summed E-state index contributed by atoms with van der Waals surface area (Å²) in [6, 6.07) is 7.83. The van der Waals surface area contributed by atoms with Crippen molar-refractivity contribution in [2.75, 3.05) is 11.4 Å². The second kappa shape index (κ2) is 5.27. The molecule has 0 bridgehead atoms. The summed E-state index contributed by atoms with van der Waals surface area (Å²) in [5, 5.41) is 0. The molecule has 1 aliphatic heterocycles. The fraction of sp³-hybridized carbons (Fsp3) is 0.500. The van der Waals surface area contributed by atoms with E-state index in [1.807, 2.05) is 31.2 Å². The Hall–Kier alpha value is -1.84. The predicted molar refractivity (Wildman–Crippen MR) is 77.6 cm³/mol. The van der Waals surface area contributed by atoms with E-state index >= 15 is 0 Å². The van der Waals surface area contributed by atoms with Gasteiger partial charge in [-0.05, 0) is 31.4 Å². The Kier molecular flexibility index (Phi) is 3.47. The fourth-order valence-corrected chi connectivity index (χ4v) is 3.27. The molecule has 1 aromatic rings. The SMILES string of the molecule is Cc1ccccc1N1CCC(=O)N(C2CCCC2)C1=O. The van der Waals surface area contributed by atoms with Gasteiger partial charge in [0.1, 0.15) is 0 Å². The lowest BCUT2D eigenvalue weighted by molar-refractivity contribution is -0.130. The summed E-state index contributed by atoms with van der Waals surface area (Å²) in [4.78, 5) is 28.1. The third kappa shape index (κ3) is 2.19. The first kappa shape index (κ1) is 13.2. The van der Waals surface area contributed by atoms with Crippen molar-refractivity contribution < 1.29 is 9.59 Å². The number of imide groups is 1. The molecule has 3 rings (SSSR count). The minimum Gasteiger partial charge on any atom is -0.293 e. The number of para-hydroxylation sites is 1. The van der Waals surface area contributed by atoms with Gasteiger partial charge in [0, 0.05) is 24.7 Å². The number of anilines is 1. The van der Waals surface area contributed by atoms with Crippen molar-refractivity contribution in [3.63, 3.8) is 0 Å². The second-order valence-electron chi connectivity index (χ2n) is 5.67. The maximum Gasteiger partial charge on any atom is 0.331 e. The van der Waals surface area contributed by atoms with Crippen molar-refractivity contribution in [2.45, 2.75) is 45.1 Å². The van der Waals surface area contributed by atoms with Gasteiger partial charge in [-0.2, -0.15) is 0 Å². The average molecular weight is 272 g/mol. The third-order valence-corrected chi connectivity index (χ3v) is 4.35. The number of urea groups is 1. The van der Waals surface area contributed by atoms with Crippen LogP contribution in [0.5, 0.6) is 0 Å². The van der Waals surface area contributed by atoms with E-state index in [0.29, 0.717) is 13.0 Å². The molecule has 0 spiro atoms. The van der Waals surface area contributed by atoms with Crippen molar-refractivity contribution in [3.05, 3.63) is 29.8 Å². The number of hydrogen-bond donors (Lipinski definition) is 0. The average Bonchev–Trinajstić information content (AvgIpc) is 2.94. The molecule has 4 heteroatoms. The smallest absolute Gasteiger partial charge is 0.293 e. The van der Waals surface area contributed by atoms with E-state index in [2.05, 4.69) is 0 Å². The van der Waals surface area contributed by atoms with E-state index in [1.165, 1.54) is 4.90 Å². The normalized spacial score (nSPS) is 20.9. The van der Waals surface area contributed by atoms with Crippen molar-refractivity contribution in [3.8, 4) is 0 Å². The maximum atomic E-state index is 12.7. The fourth-order valence-electron chi connectivity index (χ4n) is 3.27. The van der Waals surface area contributed by atoms with E-state index in [0.717, 1.165) is 36.9 Å². The molecule has 1 saturated heterocycles. The Labute approximate surface area is 119 Å². The highest BCUT2D eigenvalue weighted by molar-refractivity contribution is 6.06. The minimum atomic E-state index is -0.137. The highest BCUT2D eigenvalue weighted by Crippen LogP contribution is 2.30. The molecule has 1 heterocycles. The van der Waals surface area contributed by atoms with E-state index in [4.69, 9.17) is 0 Å². The number of nitrogens with zero attached hydrogens (tertiary/aromatic N) is 2. The first-order valence-electron chi connectivity index (χ1n) is 7.37. The van der Waals surface area contributed by atoms with Gasteiger partial charge in [0.15, 0.2) is 0 Å². The molecule has 20 heavy (non-hydrogen) atoms. The van der Waals surface area contributed by atoms with Crippen LogP contribution in [-0.2, 0) is 4.79 Å². The maximum absolute atomic E-state index is 12.7. The van der Waals surface area contributed by atoms with Gasteiger partial charge in [0.05, 0.1) is 0 Å². The molecule has 0 unspecified atom stereocenters. The van der Waals surface area contributed by atoms with Crippen molar-refractivity contribution in [1.29, 1.82) is 0 Å². The highest BCUT2D eigenvalue weighted by atomic mass is 16.2. The number of amides is 3. The van der Waals surface area contributed by atoms with Crippen LogP contribution >= 0.6 is 0 Å². The molecule has 1 saturated carbocycles. The van der Waals surface area contributed by atoms with E-state index in [-0.39, 0.29) is 18.0 Å². The van der Waals surface area contributed by atoms with Crippen molar-refractivity contribution >= 4 is 17.6 Å². The Balaban J connectivity index is 1.89. The van der Waals surface area contributed by atoms with Crippen LogP contribution in [0.2, 0.25) is 0 Å². The van der Waals surface area contributed by atoms with Gasteiger partial charge >= 0.3 is 6.03 Å². The number of hydrogen-bond acceptors (Lipinski definition) is 2. The van der Waals surface area contributed by atoms with Crippen LogP contribution in [-0.4, -0.2) is 29.4 Å². The minimum absolute atomic E-state index is 0.00765. The van der Waals surface area contributed by atoms with Crippen LogP contribution in [0.1, 0.15) is 37.7 Å². The van der Waals surface area contributed by atoms with Crippen LogP contribution in [0.15, 0.2) is 24.3 Å². The summed E-state index contributed by atoms with van der Waals surface area (Å²) in [5.41, 5.74) is 1.99. The number of carbonyl (C=O) groups is 2. The lowest BCUT2D eigenvalue weighted by Crippen LogP contribution is -2.55. The molecule has 4 nitrogen and oxygen atoms in total. The molecule has 0 aromatic heterocycles. The highest BCUT2D eigenvalue weighted by Gasteiger charge is 2.38. The summed E-state index contributed by atoms with van der Waals surface area (Å²) >= 11 is 0. The predicted octanol–water partition coefficient (Wildman–Crippen LogP) is 3.10. The number of aryl methyl sites for hydroxylation is 1. The quantitative estimate of drug-likeness (QED) is 0.830. The zero-order valence-electron chi connectivity index (χ0n) is 11.8. The van der Waals surface area contributed by atoms with Gasteiger partial charge in [-0.1, -0.05) is 31.0 Å². The van der Waals surface area contributed by atoms with Crippen LogP contribution in [0.25, 0.3) is 0 Å². The third-order valence-electron chi connectivity index (χ3n) is 4.35. The van der Waals surface area contributed by atoms with Gasteiger partial charge in [-0.3, -0.25) is 14.6 Å². The molecule has 2 aliphatic rings. The Morgan fingerprint density at radius 3 is 2.50 bits per heavy atom. The van der Waals surface area contributed by atoms with E-state index < -0.39 is 0 Å². The van der Waals surface area contributed by atoms with Gasteiger partial charge in [0.25, 0.3) is 0 Å². The van der Waals surface area contributed by atoms with Crippen molar-refractivity contribution in [1.82, 2.24) is 4.90 Å². The van der Waals surface area contributed by atoms with Crippen LogP contribution < -0.4 is 4.90 Å². The van der Waals surface area contributed by atoms with Gasteiger partial charge < -0.3 is 0 Å². The lowest BCUT2D eigenvalue weighted by atomic mass is 10.1. The largest absolute Gasteiger partial charge is 0.331 e. The van der Waals surface area contributed by atoms with Crippen molar-refractivity contribution in [2.24, 2.45) is 0 Å². The number of rotatable bonds is 2. The molecule has 106 valence electrons. The molecule has 1 aliphatic carbocycles. The van der Waals surface area contributed by atoms with Gasteiger partial charge in [0.2, 0.25) is 5.91 Å². The molecule has 0 atom stereocenters. The molecule has 0 N–H and O–H groups in total. The monoisotopic (exact) mass is 272 g/mol. The van der Waals surface area contributed by atoms with E-state index in [9.17, 15) is 9.59 Å². The summed E-state index contributed by atoms with van der Waals surface area (Å²) in [6.45, 7) is 2.49. The van der Waals surface area contributed by atoms with Crippen LogP contribution in [0, 0.1) is 6.92 Å². The molecule has 0 radical (unpaired) electrons. The Morgan fingerprint density at radius 2 is 1.80 bits per heavy atom.